The molecule has 0 spiro atoms. The molecule has 2 heterocycles. The van der Waals surface area contributed by atoms with Crippen LogP contribution >= 0.6 is 27.3 Å². The Morgan fingerprint density at radius 2 is 2.22 bits per heavy atom. The van der Waals surface area contributed by atoms with Gasteiger partial charge in [-0.15, -0.1) is 11.3 Å². The molecule has 2 aromatic heterocycles. The molecule has 0 unspecified atom stereocenters. The van der Waals surface area contributed by atoms with Crippen LogP contribution in [0.1, 0.15) is 27.0 Å². The Morgan fingerprint density at radius 1 is 1.35 bits per heavy atom. The number of benzene rings is 1. The topological polar surface area (TPSA) is 46.9 Å². The molecule has 0 saturated heterocycles. The summed E-state index contributed by atoms with van der Waals surface area (Å²) in [6, 6.07) is 11.6. The van der Waals surface area contributed by atoms with Crippen LogP contribution in [-0.4, -0.2) is 15.7 Å². The van der Waals surface area contributed by atoms with Gasteiger partial charge in [0.25, 0.3) is 5.91 Å². The number of hydrogen-bond acceptors (Lipinski definition) is 3. The van der Waals surface area contributed by atoms with Crippen LogP contribution in [0.25, 0.3) is 0 Å². The van der Waals surface area contributed by atoms with E-state index in [-0.39, 0.29) is 5.91 Å². The van der Waals surface area contributed by atoms with Gasteiger partial charge >= 0.3 is 0 Å². The quantitative estimate of drug-likeness (QED) is 0.694. The summed E-state index contributed by atoms with van der Waals surface area (Å²) >= 11 is 5.02. The summed E-state index contributed by atoms with van der Waals surface area (Å²) in [5.74, 6) is -0.0772. The second-order valence-electron chi connectivity index (χ2n) is 5.09. The van der Waals surface area contributed by atoms with Crippen molar-refractivity contribution in [2.45, 2.75) is 19.9 Å². The van der Waals surface area contributed by atoms with E-state index in [4.69, 9.17) is 0 Å². The molecular formula is C17H16BrN3OS. The molecule has 118 valence electrons. The van der Waals surface area contributed by atoms with Crippen LogP contribution in [0.2, 0.25) is 0 Å². The predicted octanol–water partition coefficient (Wildman–Crippen LogP) is 4.57. The van der Waals surface area contributed by atoms with Crippen molar-refractivity contribution in [2.24, 2.45) is 0 Å². The lowest BCUT2D eigenvalue weighted by atomic mass is 10.2. The van der Waals surface area contributed by atoms with E-state index in [0.29, 0.717) is 11.4 Å². The highest BCUT2D eigenvalue weighted by atomic mass is 79.9. The Morgan fingerprint density at radius 3 is 2.91 bits per heavy atom. The molecular weight excluding hydrogens is 374 g/mol. The summed E-state index contributed by atoms with van der Waals surface area (Å²) in [7, 11) is 0. The molecule has 0 saturated carbocycles. The van der Waals surface area contributed by atoms with Crippen molar-refractivity contribution >= 4 is 38.9 Å². The minimum Gasteiger partial charge on any atom is -0.321 e. The third-order valence-electron chi connectivity index (χ3n) is 3.39. The first-order valence-corrected chi connectivity index (χ1v) is 8.92. The van der Waals surface area contributed by atoms with Crippen molar-refractivity contribution in [2.75, 3.05) is 5.32 Å². The van der Waals surface area contributed by atoms with Gasteiger partial charge in [0.1, 0.15) is 0 Å². The molecule has 0 fully saturated rings. The van der Waals surface area contributed by atoms with E-state index >= 15 is 0 Å². The Hall–Kier alpha value is -1.92. The summed E-state index contributed by atoms with van der Waals surface area (Å²) in [4.78, 5) is 14.3. The number of anilines is 1. The fourth-order valence-corrected chi connectivity index (χ4v) is 4.07. The molecule has 1 amide bonds. The van der Waals surface area contributed by atoms with Crippen LogP contribution in [-0.2, 0) is 13.0 Å². The van der Waals surface area contributed by atoms with Gasteiger partial charge in [-0.2, -0.15) is 5.10 Å². The third-order valence-corrected chi connectivity index (χ3v) is 5.64. The van der Waals surface area contributed by atoms with Gasteiger partial charge < -0.3 is 5.32 Å². The predicted molar refractivity (Wildman–Crippen MR) is 97.1 cm³/mol. The Kier molecular flexibility index (Phi) is 4.93. The molecule has 1 aromatic carbocycles. The maximum Gasteiger partial charge on any atom is 0.265 e. The van der Waals surface area contributed by atoms with E-state index in [1.165, 1.54) is 16.2 Å². The molecule has 0 bridgehead atoms. The number of rotatable bonds is 5. The molecule has 0 aliphatic rings. The maximum absolute atomic E-state index is 12.4. The zero-order chi connectivity index (χ0) is 16.2. The van der Waals surface area contributed by atoms with Crippen LogP contribution < -0.4 is 5.32 Å². The largest absolute Gasteiger partial charge is 0.321 e. The molecule has 0 aliphatic carbocycles. The van der Waals surface area contributed by atoms with Crippen molar-refractivity contribution in [1.29, 1.82) is 0 Å². The van der Waals surface area contributed by atoms with Crippen molar-refractivity contribution in [3.8, 4) is 0 Å². The number of aromatic nitrogens is 2. The first-order chi connectivity index (χ1) is 11.2. The van der Waals surface area contributed by atoms with Gasteiger partial charge in [0, 0.05) is 27.4 Å². The second-order valence-corrected chi connectivity index (χ2v) is 7.08. The number of hydrogen-bond donors (Lipinski definition) is 1. The van der Waals surface area contributed by atoms with E-state index in [2.05, 4.69) is 33.3 Å². The van der Waals surface area contributed by atoms with Crippen LogP contribution in [0, 0.1) is 0 Å². The molecule has 3 rings (SSSR count). The lowest BCUT2D eigenvalue weighted by Crippen LogP contribution is -2.10. The Labute approximate surface area is 147 Å². The van der Waals surface area contributed by atoms with E-state index in [9.17, 15) is 4.79 Å². The molecule has 4 nitrogen and oxygen atoms in total. The van der Waals surface area contributed by atoms with Crippen molar-refractivity contribution in [3.63, 3.8) is 0 Å². The first kappa shape index (κ1) is 16.0. The van der Waals surface area contributed by atoms with Crippen LogP contribution in [0.15, 0.2) is 53.3 Å². The number of aryl methyl sites for hydroxylation is 1. The fraction of sp³-hybridized carbons (Fsp3) is 0.176. The number of amides is 1. The Bertz CT molecular complexity index is 811. The molecule has 1 N–H and O–H groups in total. The number of thiophene rings is 1. The minimum atomic E-state index is -0.0772. The highest BCUT2D eigenvalue weighted by Gasteiger charge is 2.12. The average Bonchev–Trinajstić information content (AvgIpc) is 3.17. The lowest BCUT2D eigenvalue weighted by molar-refractivity contribution is 0.103. The van der Waals surface area contributed by atoms with Crippen molar-refractivity contribution < 1.29 is 4.79 Å². The molecule has 3 aromatic rings. The van der Waals surface area contributed by atoms with Gasteiger partial charge in [0.2, 0.25) is 0 Å². The first-order valence-electron chi connectivity index (χ1n) is 7.31. The summed E-state index contributed by atoms with van der Waals surface area (Å²) < 4.78 is 2.85. The molecule has 0 aliphatic heterocycles. The minimum absolute atomic E-state index is 0.0772. The number of halogens is 1. The van der Waals surface area contributed by atoms with Crippen LogP contribution in [0.4, 0.5) is 5.69 Å². The average molecular weight is 390 g/mol. The standard InChI is InChI=1S/C17H16BrN3OS/c1-2-15-14(18)10-16(23-15)17(22)20-13-6-3-5-12(9-13)11-21-8-4-7-19-21/h3-10H,2,11H2,1H3,(H,20,22). The van der Waals surface area contributed by atoms with Gasteiger partial charge in [-0.3, -0.25) is 9.48 Å². The van der Waals surface area contributed by atoms with Gasteiger partial charge in [-0.25, -0.2) is 0 Å². The van der Waals surface area contributed by atoms with E-state index in [1.807, 2.05) is 47.3 Å². The Balaban J connectivity index is 1.73. The molecule has 0 atom stereocenters. The summed E-state index contributed by atoms with van der Waals surface area (Å²) in [6.07, 6.45) is 4.59. The molecule has 0 radical (unpaired) electrons. The number of nitrogens with one attached hydrogen (secondary N) is 1. The van der Waals surface area contributed by atoms with Crippen LogP contribution in [0.5, 0.6) is 0 Å². The highest BCUT2D eigenvalue weighted by Crippen LogP contribution is 2.28. The highest BCUT2D eigenvalue weighted by molar-refractivity contribution is 9.10. The smallest absolute Gasteiger partial charge is 0.265 e. The normalized spacial score (nSPS) is 10.7. The van der Waals surface area contributed by atoms with E-state index in [0.717, 1.165) is 22.1 Å². The molecule has 6 heteroatoms. The number of nitrogens with zero attached hydrogens (tertiary/aromatic N) is 2. The van der Waals surface area contributed by atoms with Crippen molar-refractivity contribution in [3.05, 3.63) is 68.6 Å². The van der Waals surface area contributed by atoms with Gasteiger partial charge in [0.15, 0.2) is 0 Å². The third kappa shape index (κ3) is 3.89. The van der Waals surface area contributed by atoms with Gasteiger partial charge in [-0.05, 0) is 52.2 Å². The second kappa shape index (κ2) is 7.10. The van der Waals surface area contributed by atoms with E-state index < -0.39 is 0 Å². The van der Waals surface area contributed by atoms with Gasteiger partial charge in [-0.1, -0.05) is 19.1 Å². The lowest BCUT2D eigenvalue weighted by Gasteiger charge is -2.07. The zero-order valence-electron chi connectivity index (χ0n) is 12.6. The number of carbonyl (C=O) groups excluding carboxylic acids is 1. The summed E-state index contributed by atoms with van der Waals surface area (Å²) in [6.45, 7) is 2.76. The maximum atomic E-state index is 12.4. The van der Waals surface area contributed by atoms with Crippen molar-refractivity contribution in [1.82, 2.24) is 9.78 Å². The number of carbonyl (C=O) groups is 1. The fourth-order valence-electron chi connectivity index (χ4n) is 2.28. The summed E-state index contributed by atoms with van der Waals surface area (Å²) in [5.41, 5.74) is 1.88. The van der Waals surface area contributed by atoms with Gasteiger partial charge in [0.05, 0.1) is 11.4 Å². The van der Waals surface area contributed by atoms with E-state index in [1.54, 1.807) is 6.20 Å². The molecule has 23 heavy (non-hydrogen) atoms. The van der Waals surface area contributed by atoms with Crippen LogP contribution in [0.3, 0.4) is 0 Å². The zero-order valence-corrected chi connectivity index (χ0v) is 15.0. The SMILES string of the molecule is CCc1sc(C(=O)Nc2cccc(Cn3cccn3)c2)cc1Br. The summed E-state index contributed by atoms with van der Waals surface area (Å²) in [5, 5.41) is 7.16. The monoisotopic (exact) mass is 389 g/mol.